The fourth-order valence-electron chi connectivity index (χ4n) is 3.75. The summed E-state index contributed by atoms with van der Waals surface area (Å²) in [7, 11) is 0. The number of nitrogens with one attached hydrogen (secondary N) is 2. The number of amides is 2. The van der Waals surface area contributed by atoms with Crippen LogP contribution in [0.25, 0.3) is 10.9 Å². The SMILES string of the molecule is O=C(NNC(=O)C1COc2ccccc2O1)c1cn(Cc2ccccc2)c2ccccc12. The zero-order valence-corrected chi connectivity index (χ0v) is 17.2. The van der Waals surface area contributed by atoms with Crippen molar-refractivity contribution in [3.8, 4) is 11.5 Å². The van der Waals surface area contributed by atoms with Gasteiger partial charge in [-0.3, -0.25) is 20.4 Å². The lowest BCUT2D eigenvalue weighted by atomic mass is 10.1. The average molecular weight is 427 g/mol. The Morgan fingerprint density at radius 1 is 0.875 bits per heavy atom. The van der Waals surface area contributed by atoms with E-state index in [1.807, 2.05) is 65.2 Å². The number of hydrogen-bond acceptors (Lipinski definition) is 4. The molecule has 1 unspecified atom stereocenters. The molecule has 0 saturated carbocycles. The fraction of sp³-hybridized carbons (Fsp3) is 0.120. The Kier molecular flexibility index (Phi) is 5.21. The van der Waals surface area contributed by atoms with Crippen LogP contribution in [0.5, 0.6) is 11.5 Å². The first kappa shape index (κ1) is 19.7. The van der Waals surface area contributed by atoms with Gasteiger partial charge in [0.05, 0.1) is 5.56 Å². The van der Waals surface area contributed by atoms with Crippen molar-refractivity contribution < 1.29 is 19.1 Å². The van der Waals surface area contributed by atoms with Crippen molar-refractivity contribution in [3.63, 3.8) is 0 Å². The standard InChI is InChI=1S/C25H21N3O4/c29-24(26-27-25(30)23-16-31-21-12-6-7-13-22(21)32-23)19-15-28(14-17-8-2-1-3-9-17)20-11-5-4-10-18(19)20/h1-13,15,23H,14,16H2,(H,26,29)(H,27,30). The van der Waals surface area contributed by atoms with E-state index in [4.69, 9.17) is 9.47 Å². The summed E-state index contributed by atoms with van der Waals surface area (Å²) in [5.41, 5.74) is 7.50. The number of carbonyl (C=O) groups excluding carboxylic acids is 2. The summed E-state index contributed by atoms with van der Waals surface area (Å²) in [4.78, 5) is 25.4. The summed E-state index contributed by atoms with van der Waals surface area (Å²) in [6.07, 6.45) is 0.944. The topological polar surface area (TPSA) is 81.6 Å². The normalized spacial score (nSPS) is 14.7. The summed E-state index contributed by atoms with van der Waals surface area (Å²) >= 11 is 0. The summed E-state index contributed by atoms with van der Waals surface area (Å²) in [6, 6.07) is 24.8. The Labute approximate surface area is 184 Å². The van der Waals surface area contributed by atoms with Crippen molar-refractivity contribution in [2.24, 2.45) is 0 Å². The van der Waals surface area contributed by atoms with Gasteiger partial charge in [-0.2, -0.15) is 0 Å². The predicted molar refractivity (Wildman–Crippen MR) is 119 cm³/mol. The Hall–Kier alpha value is -4.26. The second-order valence-corrected chi connectivity index (χ2v) is 7.48. The van der Waals surface area contributed by atoms with Gasteiger partial charge in [0, 0.05) is 23.6 Å². The van der Waals surface area contributed by atoms with E-state index in [-0.39, 0.29) is 6.61 Å². The fourth-order valence-corrected chi connectivity index (χ4v) is 3.75. The monoisotopic (exact) mass is 427 g/mol. The van der Waals surface area contributed by atoms with E-state index in [1.165, 1.54) is 0 Å². The highest BCUT2D eigenvalue weighted by molar-refractivity contribution is 6.07. The first-order valence-corrected chi connectivity index (χ1v) is 10.3. The van der Waals surface area contributed by atoms with Gasteiger partial charge >= 0.3 is 0 Å². The third-order valence-corrected chi connectivity index (χ3v) is 5.33. The number of rotatable bonds is 4. The lowest BCUT2D eigenvalue weighted by molar-refractivity contribution is -0.131. The molecule has 0 bridgehead atoms. The van der Waals surface area contributed by atoms with Crippen LogP contribution in [0.15, 0.2) is 85.1 Å². The molecular formula is C25H21N3O4. The second-order valence-electron chi connectivity index (χ2n) is 7.48. The van der Waals surface area contributed by atoms with Crippen LogP contribution in [-0.4, -0.2) is 29.1 Å². The van der Waals surface area contributed by atoms with E-state index in [1.54, 1.807) is 24.4 Å². The van der Waals surface area contributed by atoms with Gasteiger partial charge in [-0.15, -0.1) is 0 Å². The number of aromatic nitrogens is 1. The maximum absolute atomic E-state index is 12.9. The van der Waals surface area contributed by atoms with Crippen LogP contribution in [0, 0.1) is 0 Å². The van der Waals surface area contributed by atoms with Gasteiger partial charge in [-0.1, -0.05) is 60.7 Å². The molecule has 2 N–H and O–H groups in total. The van der Waals surface area contributed by atoms with E-state index >= 15 is 0 Å². The smallest absolute Gasteiger partial charge is 0.283 e. The molecule has 0 spiro atoms. The molecule has 0 aliphatic carbocycles. The van der Waals surface area contributed by atoms with Gasteiger partial charge in [0.25, 0.3) is 11.8 Å². The van der Waals surface area contributed by atoms with Gasteiger partial charge in [0.15, 0.2) is 11.5 Å². The average Bonchev–Trinajstić information content (AvgIpc) is 3.21. The highest BCUT2D eigenvalue weighted by atomic mass is 16.6. The summed E-state index contributed by atoms with van der Waals surface area (Å²) in [6.45, 7) is 0.697. The summed E-state index contributed by atoms with van der Waals surface area (Å²) < 4.78 is 13.3. The van der Waals surface area contributed by atoms with E-state index in [0.29, 0.717) is 23.6 Å². The van der Waals surface area contributed by atoms with Crippen molar-refractivity contribution in [2.75, 3.05) is 6.61 Å². The van der Waals surface area contributed by atoms with Crippen LogP contribution in [-0.2, 0) is 11.3 Å². The number of fused-ring (bicyclic) bond motifs is 2. The number of hydrazine groups is 1. The molecule has 32 heavy (non-hydrogen) atoms. The maximum Gasteiger partial charge on any atom is 0.283 e. The van der Waals surface area contributed by atoms with E-state index < -0.39 is 17.9 Å². The Bertz CT molecular complexity index is 1280. The quantitative estimate of drug-likeness (QED) is 0.490. The number of para-hydroxylation sites is 3. The minimum absolute atomic E-state index is 0.0646. The van der Waals surface area contributed by atoms with Crippen LogP contribution < -0.4 is 20.3 Å². The van der Waals surface area contributed by atoms with Gasteiger partial charge in [-0.25, -0.2) is 0 Å². The predicted octanol–water partition coefficient (Wildman–Crippen LogP) is 3.29. The zero-order valence-electron chi connectivity index (χ0n) is 17.2. The molecule has 1 aliphatic heterocycles. The van der Waals surface area contributed by atoms with Crippen molar-refractivity contribution >= 4 is 22.7 Å². The molecule has 4 aromatic rings. The third-order valence-electron chi connectivity index (χ3n) is 5.33. The van der Waals surface area contributed by atoms with Gasteiger partial charge in [-0.05, 0) is 23.8 Å². The van der Waals surface area contributed by atoms with Crippen LogP contribution in [0.3, 0.4) is 0 Å². The molecule has 0 radical (unpaired) electrons. The van der Waals surface area contributed by atoms with Gasteiger partial charge in [0.1, 0.15) is 6.61 Å². The van der Waals surface area contributed by atoms with Crippen molar-refractivity contribution in [2.45, 2.75) is 12.6 Å². The maximum atomic E-state index is 12.9. The first-order chi connectivity index (χ1) is 15.7. The van der Waals surface area contributed by atoms with Crippen molar-refractivity contribution in [1.29, 1.82) is 0 Å². The third kappa shape index (κ3) is 3.88. The minimum Gasteiger partial charge on any atom is -0.485 e. The number of benzene rings is 3. The molecular weight excluding hydrogens is 406 g/mol. The second kappa shape index (κ2) is 8.47. The molecule has 1 atom stereocenters. The van der Waals surface area contributed by atoms with E-state index in [0.717, 1.165) is 16.5 Å². The minimum atomic E-state index is -0.857. The molecule has 2 amide bonds. The molecule has 0 saturated heterocycles. The molecule has 1 aliphatic rings. The number of ether oxygens (including phenoxy) is 2. The number of hydrogen-bond donors (Lipinski definition) is 2. The molecule has 3 aromatic carbocycles. The highest BCUT2D eigenvalue weighted by Gasteiger charge is 2.28. The lowest BCUT2D eigenvalue weighted by Crippen LogP contribution is -2.50. The van der Waals surface area contributed by atoms with Crippen molar-refractivity contribution in [1.82, 2.24) is 15.4 Å². The van der Waals surface area contributed by atoms with E-state index in [2.05, 4.69) is 10.9 Å². The molecule has 1 aromatic heterocycles. The lowest BCUT2D eigenvalue weighted by Gasteiger charge is -2.25. The Balaban J connectivity index is 1.29. The molecule has 2 heterocycles. The molecule has 0 fully saturated rings. The summed E-state index contributed by atoms with van der Waals surface area (Å²) in [5, 5.41) is 0.807. The number of carbonyl (C=O) groups is 2. The molecule has 160 valence electrons. The van der Waals surface area contributed by atoms with E-state index in [9.17, 15) is 9.59 Å². The van der Waals surface area contributed by atoms with Crippen LogP contribution in [0.2, 0.25) is 0 Å². The molecule has 5 rings (SSSR count). The first-order valence-electron chi connectivity index (χ1n) is 10.3. The molecule has 7 heteroatoms. The van der Waals surface area contributed by atoms with Crippen molar-refractivity contribution in [3.05, 3.63) is 96.2 Å². The van der Waals surface area contributed by atoms with Gasteiger partial charge < -0.3 is 14.0 Å². The zero-order chi connectivity index (χ0) is 21.9. The highest BCUT2D eigenvalue weighted by Crippen LogP contribution is 2.30. The van der Waals surface area contributed by atoms with Crippen LogP contribution in [0.4, 0.5) is 0 Å². The molecule has 7 nitrogen and oxygen atoms in total. The van der Waals surface area contributed by atoms with Gasteiger partial charge in [0.2, 0.25) is 6.10 Å². The Morgan fingerprint density at radius 3 is 2.44 bits per heavy atom. The largest absolute Gasteiger partial charge is 0.485 e. The van der Waals surface area contributed by atoms with Crippen LogP contribution in [0.1, 0.15) is 15.9 Å². The summed E-state index contributed by atoms with van der Waals surface area (Å²) in [5.74, 6) is 0.195. The Morgan fingerprint density at radius 2 is 1.59 bits per heavy atom. The van der Waals surface area contributed by atoms with Crippen LogP contribution >= 0.6 is 0 Å². The number of nitrogens with zero attached hydrogens (tertiary/aromatic N) is 1.